The standard InChI is InChI=1S/C68H125N2O6P/c1-6-8-10-12-14-16-18-20-22-24-26-28-30-31-32-33-34-35-36-37-38-39-40-42-44-46-48-50-52-54-56-58-60-62-68(72)69-66(65-76-77(73,74)75-64-63-70(3,4)5)67(71)61-59-57-55-53-51-49-47-45-43-41-29-27-25-23-21-19-17-15-13-11-9-7-2/h8,10,14,16,20,22,26,28,31-32,34-35,37-38,66-67,71H,6-7,9,11-13,15,17-19,21,23-25,27,29-30,33,36,39-65H2,1-5H3,(H-,69,72,73,74)/b10-8-,16-14-,22-20-,28-26-,32-31-,35-34-,38-37-. The van der Waals surface area contributed by atoms with Gasteiger partial charge in [0.2, 0.25) is 5.91 Å². The number of rotatable bonds is 59. The second-order valence-electron chi connectivity index (χ2n) is 23.1. The quantitative estimate of drug-likeness (QED) is 0.0272. The molecule has 0 fully saturated rings. The second-order valence-corrected chi connectivity index (χ2v) is 24.5. The molecule has 1 amide bonds. The molecule has 3 unspecified atom stereocenters. The average molecular weight is 1100 g/mol. The van der Waals surface area contributed by atoms with Crippen molar-refractivity contribution in [3.05, 3.63) is 85.1 Å². The molecular formula is C68H125N2O6P. The maximum absolute atomic E-state index is 13.0. The van der Waals surface area contributed by atoms with E-state index in [-0.39, 0.29) is 19.1 Å². The van der Waals surface area contributed by atoms with Gasteiger partial charge in [-0.05, 0) is 70.6 Å². The Bertz CT molecular complexity index is 1530. The molecule has 0 radical (unpaired) electrons. The van der Waals surface area contributed by atoms with Crippen molar-refractivity contribution < 1.29 is 32.9 Å². The topological polar surface area (TPSA) is 108 Å². The summed E-state index contributed by atoms with van der Waals surface area (Å²) in [4.78, 5) is 25.6. The Morgan fingerprint density at radius 2 is 0.792 bits per heavy atom. The Hall–Kier alpha value is -2.32. The number of aliphatic hydroxyl groups excluding tert-OH is 1. The normalized spacial score (nSPS) is 14.3. The van der Waals surface area contributed by atoms with E-state index < -0.39 is 20.0 Å². The number of nitrogens with zero attached hydrogens (tertiary/aromatic N) is 1. The zero-order valence-electron chi connectivity index (χ0n) is 51.1. The number of nitrogens with one attached hydrogen (secondary N) is 1. The Kier molecular flexibility index (Phi) is 56.6. The van der Waals surface area contributed by atoms with Crippen LogP contribution in [0.5, 0.6) is 0 Å². The van der Waals surface area contributed by atoms with Gasteiger partial charge in [-0.25, -0.2) is 0 Å². The van der Waals surface area contributed by atoms with Gasteiger partial charge in [0.05, 0.1) is 39.9 Å². The molecule has 2 N–H and O–H groups in total. The van der Waals surface area contributed by atoms with Crippen LogP contribution in [0.4, 0.5) is 0 Å². The first kappa shape index (κ1) is 74.7. The van der Waals surface area contributed by atoms with Crippen LogP contribution in [0, 0.1) is 0 Å². The van der Waals surface area contributed by atoms with E-state index in [0.29, 0.717) is 23.9 Å². The lowest BCUT2D eigenvalue weighted by molar-refractivity contribution is -0.870. The van der Waals surface area contributed by atoms with Gasteiger partial charge < -0.3 is 28.8 Å². The van der Waals surface area contributed by atoms with E-state index in [1.165, 1.54) is 180 Å². The number of quaternary nitrogens is 1. The third-order valence-electron chi connectivity index (χ3n) is 14.4. The van der Waals surface area contributed by atoms with E-state index in [1.54, 1.807) is 0 Å². The van der Waals surface area contributed by atoms with Crippen molar-refractivity contribution in [1.29, 1.82) is 0 Å². The minimum absolute atomic E-state index is 0.00900. The first-order valence-corrected chi connectivity index (χ1v) is 33.9. The summed E-state index contributed by atoms with van der Waals surface area (Å²) in [7, 11) is 1.30. The number of hydrogen-bond donors (Lipinski definition) is 2. The zero-order chi connectivity index (χ0) is 56.3. The van der Waals surface area contributed by atoms with Crippen LogP contribution in [0.1, 0.15) is 290 Å². The number of allylic oxidation sites excluding steroid dienone is 14. The SMILES string of the molecule is CC/C=C\C/C=C\C/C=C\C/C=C\C/C=C\C/C=C\C/C=C\CCCCCCCCCCCCCC(=O)NC(COP(=O)([O-])OCC[N+](C)(C)C)C(O)CCCCCCCCCCCCCCCCCCCCCCCC. The number of unbranched alkanes of at least 4 members (excludes halogenated alkanes) is 32. The summed E-state index contributed by atoms with van der Waals surface area (Å²) < 4.78 is 23.5. The van der Waals surface area contributed by atoms with Gasteiger partial charge in [-0.2, -0.15) is 0 Å². The van der Waals surface area contributed by atoms with Crippen molar-refractivity contribution in [2.75, 3.05) is 40.9 Å². The van der Waals surface area contributed by atoms with Crippen LogP contribution in [-0.4, -0.2) is 68.5 Å². The fraction of sp³-hybridized carbons (Fsp3) is 0.779. The molecule has 0 heterocycles. The van der Waals surface area contributed by atoms with Gasteiger partial charge in [0, 0.05) is 6.42 Å². The average Bonchev–Trinajstić information content (AvgIpc) is 3.39. The molecule has 0 bridgehead atoms. The van der Waals surface area contributed by atoms with Crippen molar-refractivity contribution in [1.82, 2.24) is 5.32 Å². The van der Waals surface area contributed by atoms with Crippen molar-refractivity contribution in [2.45, 2.75) is 302 Å². The fourth-order valence-corrected chi connectivity index (χ4v) is 10.1. The Balaban J connectivity index is 4.11. The van der Waals surface area contributed by atoms with Crippen LogP contribution in [0.2, 0.25) is 0 Å². The van der Waals surface area contributed by atoms with Gasteiger partial charge in [-0.15, -0.1) is 0 Å². The fourth-order valence-electron chi connectivity index (χ4n) is 9.38. The summed E-state index contributed by atoms with van der Waals surface area (Å²) in [5.74, 6) is -0.168. The molecule has 0 aromatic heterocycles. The molecular weight excluding hydrogens is 972 g/mol. The zero-order valence-corrected chi connectivity index (χ0v) is 52.0. The van der Waals surface area contributed by atoms with Gasteiger partial charge >= 0.3 is 0 Å². The van der Waals surface area contributed by atoms with Crippen LogP contribution in [-0.2, 0) is 18.4 Å². The molecule has 0 saturated heterocycles. The Labute approximate surface area is 477 Å². The molecule has 77 heavy (non-hydrogen) atoms. The summed E-state index contributed by atoms with van der Waals surface area (Å²) in [5.41, 5.74) is 0. The van der Waals surface area contributed by atoms with E-state index in [0.717, 1.165) is 83.5 Å². The van der Waals surface area contributed by atoms with Crippen LogP contribution in [0.25, 0.3) is 0 Å². The van der Waals surface area contributed by atoms with Gasteiger partial charge in [0.25, 0.3) is 7.82 Å². The predicted octanol–water partition coefficient (Wildman–Crippen LogP) is 19.7. The molecule has 448 valence electrons. The summed E-state index contributed by atoms with van der Waals surface area (Å²) >= 11 is 0. The smallest absolute Gasteiger partial charge is 0.268 e. The highest BCUT2D eigenvalue weighted by Crippen LogP contribution is 2.38. The third-order valence-corrected chi connectivity index (χ3v) is 15.4. The minimum Gasteiger partial charge on any atom is -0.756 e. The van der Waals surface area contributed by atoms with Crippen LogP contribution in [0.15, 0.2) is 85.1 Å². The lowest BCUT2D eigenvalue weighted by atomic mass is 10.0. The largest absolute Gasteiger partial charge is 0.756 e. The number of phosphoric ester groups is 1. The predicted molar refractivity (Wildman–Crippen MR) is 334 cm³/mol. The number of carbonyl (C=O) groups excluding carboxylic acids is 1. The number of aliphatic hydroxyl groups is 1. The summed E-state index contributed by atoms with van der Waals surface area (Å²) in [5, 5.41) is 14.1. The highest BCUT2D eigenvalue weighted by Gasteiger charge is 2.24. The van der Waals surface area contributed by atoms with E-state index in [9.17, 15) is 19.4 Å². The summed E-state index contributed by atoms with van der Waals surface area (Å²) in [6.07, 6.45) is 82.0. The van der Waals surface area contributed by atoms with Crippen molar-refractivity contribution in [3.8, 4) is 0 Å². The van der Waals surface area contributed by atoms with Crippen LogP contribution < -0.4 is 10.2 Å². The molecule has 0 aromatic rings. The summed E-state index contributed by atoms with van der Waals surface area (Å²) in [6.45, 7) is 4.63. The lowest BCUT2D eigenvalue weighted by Gasteiger charge is -2.30. The van der Waals surface area contributed by atoms with Gasteiger partial charge in [0.1, 0.15) is 13.2 Å². The number of carbonyl (C=O) groups is 1. The van der Waals surface area contributed by atoms with Crippen LogP contribution in [0.3, 0.4) is 0 Å². The van der Waals surface area contributed by atoms with E-state index in [2.05, 4.69) is 104 Å². The highest BCUT2D eigenvalue weighted by atomic mass is 31.2. The molecule has 0 rings (SSSR count). The Morgan fingerprint density at radius 3 is 1.16 bits per heavy atom. The maximum Gasteiger partial charge on any atom is 0.268 e. The molecule has 0 aromatic carbocycles. The molecule has 8 nitrogen and oxygen atoms in total. The number of hydrogen-bond acceptors (Lipinski definition) is 6. The third kappa shape index (κ3) is 61.2. The molecule has 0 aliphatic carbocycles. The van der Waals surface area contributed by atoms with E-state index in [4.69, 9.17) is 9.05 Å². The highest BCUT2D eigenvalue weighted by molar-refractivity contribution is 7.45. The van der Waals surface area contributed by atoms with E-state index in [1.807, 2.05) is 21.1 Å². The van der Waals surface area contributed by atoms with Crippen LogP contribution >= 0.6 is 7.82 Å². The van der Waals surface area contributed by atoms with Gasteiger partial charge in [-0.3, -0.25) is 9.36 Å². The van der Waals surface area contributed by atoms with Crippen molar-refractivity contribution in [3.63, 3.8) is 0 Å². The maximum atomic E-state index is 13.0. The van der Waals surface area contributed by atoms with Crippen molar-refractivity contribution >= 4 is 13.7 Å². The lowest BCUT2D eigenvalue weighted by Crippen LogP contribution is -2.46. The molecule has 3 atom stereocenters. The first-order chi connectivity index (χ1) is 37.5. The summed E-state index contributed by atoms with van der Waals surface area (Å²) in [6, 6.07) is -0.808. The van der Waals surface area contributed by atoms with Gasteiger partial charge in [0.15, 0.2) is 0 Å². The monoisotopic (exact) mass is 1100 g/mol. The van der Waals surface area contributed by atoms with Crippen molar-refractivity contribution in [2.24, 2.45) is 0 Å². The molecule has 0 saturated carbocycles. The molecule has 0 aliphatic heterocycles. The molecule has 0 aliphatic rings. The second kappa shape index (κ2) is 58.3. The minimum atomic E-state index is -4.58. The molecule has 9 heteroatoms. The van der Waals surface area contributed by atoms with Gasteiger partial charge in [-0.1, -0.05) is 298 Å². The number of phosphoric acid groups is 1. The number of amides is 1. The number of likely N-dealkylation sites (N-methyl/N-ethyl adjacent to an activating group) is 1. The van der Waals surface area contributed by atoms with E-state index >= 15 is 0 Å². The Morgan fingerprint density at radius 1 is 0.468 bits per heavy atom. The first-order valence-electron chi connectivity index (χ1n) is 32.4. The molecule has 0 spiro atoms.